The van der Waals surface area contributed by atoms with Crippen molar-refractivity contribution in [1.29, 1.82) is 0 Å². The predicted octanol–water partition coefficient (Wildman–Crippen LogP) is 5.29. The Morgan fingerprint density at radius 2 is 1.63 bits per heavy atom. The summed E-state index contributed by atoms with van der Waals surface area (Å²) in [5.74, 6) is 1.14. The van der Waals surface area contributed by atoms with Gasteiger partial charge in [-0.25, -0.2) is 0 Å². The first-order valence-electron chi connectivity index (χ1n) is 6.54. The summed E-state index contributed by atoms with van der Waals surface area (Å²) in [5, 5.41) is 0.782. The van der Waals surface area contributed by atoms with Crippen molar-refractivity contribution in [2.24, 2.45) is 5.92 Å². The van der Waals surface area contributed by atoms with Crippen molar-refractivity contribution in [1.82, 2.24) is 0 Å². The van der Waals surface area contributed by atoms with E-state index in [0.29, 0.717) is 11.8 Å². The van der Waals surface area contributed by atoms with E-state index in [9.17, 15) is 0 Å². The lowest BCUT2D eigenvalue weighted by Crippen LogP contribution is -2.11. The van der Waals surface area contributed by atoms with Crippen molar-refractivity contribution >= 4 is 23.2 Å². The van der Waals surface area contributed by atoms with E-state index in [1.54, 1.807) is 0 Å². The van der Waals surface area contributed by atoms with Crippen molar-refractivity contribution in [3.63, 3.8) is 0 Å². The van der Waals surface area contributed by atoms with Crippen molar-refractivity contribution in [3.05, 3.63) is 70.2 Å². The Morgan fingerprint density at radius 1 is 0.947 bits per heavy atom. The van der Waals surface area contributed by atoms with Gasteiger partial charge in [-0.1, -0.05) is 48.0 Å². The monoisotopic (exact) mass is 292 g/mol. The van der Waals surface area contributed by atoms with Gasteiger partial charge in [-0.05, 0) is 54.5 Å². The highest BCUT2D eigenvalue weighted by atomic mass is 35.5. The molecule has 0 heterocycles. The summed E-state index contributed by atoms with van der Waals surface area (Å²) in [5.41, 5.74) is 4.03. The lowest BCUT2D eigenvalue weighted by atomic mass is 9.92. The van der Waals surface area contributed by atoms with Crippen LogP contribution in [0.5, 0.6) is 0 Å². The fraction of sp³-hybridized carbons (Fsp3) is 0.294. The van der Waals surface area contributed by atoms with Crippen LogP contribution in [0.3, 0.4) is 0 Å². The SMILES string of the molecule is Cc1ccccc1CC(CCl)Cc1ccc(Cl)cc1. The molecule has 2 heteroatoms. The Morgan fingerprint density at radius 3 is 2.26 bits per heavy atom. The van der Waals surface area contributed by atoms with Crippen LogP contribution in [0, 0.1) is 12.8 Å². The maximum atomic E-state index is 6.12. The molecular formula is C17H18Cl2. The zero-order valence-corrected chi connectivity index (χ0v) is 12.6. The lowest BCUT2D eigenvalue weighted by Gasteiger charge is -2.15. The van der Waals surface area contributed by atoms with Crippen LogP contribution in [-0.2, 0) is 12.8 Å². The minimum Gasteiger partial charge on any atom is -0.126 e. The topological polar surface area (TPSA) is 0 Å². The van der Waals surface area contributed by atoms with E-state index in [0.717, 1.165) is 17.9 Å². The van der Waals surface area contributed by atoms with Crippen LogP contribution in [0.1, 0.15) is 16.7 Å². The molecular weight excluding hydrogens is 275 g/mol. The fourth-order valence-electron chi connectivity index (χ4n) is 2.29. The lowest BCUT2D eigenvalue weighted by molar-refractivity contribution is 0.582. The highest BCUT2D eigenvalue weighted by molar-refractivity contribution is 6.30. The third-order valence-corrected chi connectivity index (χ3v) is 4.11. The van der Waals surface area contributed by atoms with Gasteiger partial charge >= 0.3 is 0 Å². The molecule has 0 bridgehead atoms. The largest absolute Gasteiger partial charge is 0.126 e. The first-order chi connectivity index (χ1) is 9.19. The number of benzene rings is 2. The highest BCUT2D eigenvalue weighted by Crippen LogP contribution is 2.19. The Labute approximate surface area is 125 Å². The summed E-state index contributed by atoms with van der Waals surface area (Å²) in [6.45, 7) is 2.16. The number of hydrogen-bond acceptors (Lipinski definition) is 0. The molecule has 2 rings (SSSR count). The van der Waals surface area contributed by atoms with Crippen LogP contribution in [-0.4, -0.2) is 5.88 Å². The fourth-order valence-corrected chi connectivity index (χ4v) is 2.63. The van der Waals surface area contributed by atoms with Gasteiger partial charge < -0.3 is 0 Å². The molecule has 0 aliphatic rings. The molecule has 2 aromatic carbocycles. The molecule has 0 aromatic heterocycles. The molecule has 0 nitrogen and oxygen atoms in total. The normalized spacial score (nSPS) is 12.4. The van der Waals surface area contributed by atoms with E-state index in [1.165, 1.54) is 16.7 Å². The van der Waals surface area contributed by atoms with Gasteiger partial charge in [0.05, 0.1) is 0 Å². The van der Waals surface area contributed by atoms with Crippen LogP contribution in [0.2, 0.25) is 5.02 Å². The number of hydrogen-bond donors (Lipinski definition) is 0. The molecule has 19 heavy (non-hydrogen) atoms. The molecule has 0 N–H and O–H groups in total. The zero-order chi connectivity index (χ0) is 13.7. The first-order valence-corrected chi connectivity index (χ1v) is 7.45. The Bertz CT molecular complexity index is 517. The quantitative estimate of drug-likeness (QED) is 0.657. The van der Waals surface area contributed by atoms with E-state index in [1.807, 2.05) is 12.1 Å². The van der Waals surface area contributed by atoms with Gasteiger partial charge in [0.1, 0.15) is 0 Å². The van der Waals surface area contributed by atoms with Gasteiger partial charge in [0.2, 0.25) is 0 Å². The first kappa shape index (κ1) is 14.4. The average molecular weight is 293 g/mol. The molecule has 0 radical (unpaired) electrons. The summed E-state index contributed by atoms with van der Waals surface area (Å²) >= 11 is 12.0. The van der Waals surface area contributed by atoms with E-state index in [-0.39, 0.29) is 0 Å². The van der Waals surface area contributed by atoms with Crippen molar-refractivity contribution in [3.8, 4) is 0 Å². The molecule has 0 saturated heterocycles. The van der Waals surface area contributed by atoms with E-state index >= 15 is 0 Å². The second kappa shape index (κ2) is 6.98. The second-order valence-electron chi connectivity index (χ2n) is 4.98. The van der Waals surface area contributed by atoms with E-state index < -0.39 is 0 Å². The van der Waals surface area contributed by atoms with Crippen LogP contribution < -0.4 is 0 Å². The van der Waals surface area contributed by atoms with Crippen molar-refractivity contribution in [2.75, 3.05) is 5.88 Å². The van der Waals surface area contributed by atoms with Gasteiger partial charge in [0.25, 0.3) is 0 Å². The zero-order valence-electron chi connectivity index (χ0n) is 11.1. The summed E-state index contributed by atoms with van der Waals surface area (Å²) in [6, 6.07) is 16.6. The smallest absolute Gasteiger partial charge is 0.0406 e. The number of aryl methyl sites for hydroxylation is 1. The third kappa shape index (κ3) is 4.26. The molecule has 0 spiro atoms. The second-order valence-corrected chi connectivity index (χ2v) is 5.73. The van der Waals surface area contributed by atoms with Gasteiger partial charge in [-0.2, -0.15) is 0 Å². The number of rotatable bonds is 5. The van der Waals surface area contributed by atoms with Crippen molar-refractivity contribution < 1.29 is 0 Å². The molecule has 0 fully saturated rings. The van der Waals surface area contributed by atoms with Crippen molar-refractivity contribution in [2.45, 2.75) is 19.8 Å². The molecule has 100 valence electrons. The van der Waals surface area contributed by atoms with Gasteiger partial charge in [-0.3, -0.25) is 0 Å². The predicted molar refractivity (Wildman–Crippen MR) is 84.2 cm³/mol. The summed E-state index contributed by atoms with van der Waals surface area (Å²) in [6.07, 6.45) is 2.02. The standard InChI is InChI=1S/C17H18Cl2/c1-13-4-2-3-5-16(13)11-15(12-18)10-14-6-8-17(19)9-7-14/h2-9,15H,10-12H2,1H3. The van der Waals surface area contributed by atoms with Crippen LogP contribution in [0.15, 0.2) is 48.5 Å². The minimum atomic E-state index is 0.462. The number of alkyl halides is 1. The minimum absolute atomic E-state index is 0.462. The average Bonchev–Trinajstić information content (AvgIpc) is 2.43. The molecule has 2 aromatic rings. The van der Waals surface area contributed by atoms with Gasteiger partial charge in [0, 0.05) is 10.9 Å². The summed E-state index contributed by atoms with van der Waals surface area (Å²) < 4.78 is 0. The van der Waals surface area contributed by atoms with Gasteiger partial charge in [-0.15, -0.1) is 11.6 Å². The molecule has 1 atom stereocenters. The highest BCUT2D eigenvalue weighted by Gasteiger charge is 2.11. The summed E-state index contributed by atoms with van der Waals surface area (Å²) in [4.78, 5) is 0. The van der Waals surface area contributed by atoms with Crippen LogP contribution in [0.25, 0.3) is 0 Å². The van der Waals surface area contributed by atoms with E-state index in [4.69, 9.17) is 23.2 Å². The maximum Gasteiger partial charge on any atom is 0.0406 e. The van der Waals surface area contributed by atoms with Crippen LogP contribution >= 0.6 is 23.2 Å². The number of halogens is 2. The molecule has 0 saturated carbocycles. The molecule has 0 amide bonds. The van der Waals surface area contributed by atoms with Crippen LogP contribution in [0.4, 0.5) is 0 Å². The molecule has 0 aliphatic heterocycles. The maximum absolute atomic E-state index is 6.12. The summed E-state index contributed by atoms with van der Waals surface area (Å²) in [7, 11) is 0. The Hall–Kier alpha value is -0.980. The van der Waals surface area contributed by atoms with E-state index in [2.05, 4.69) is 43.3 Å². The Kier molecular flexibility index (Phi) is 5.30. The Balaban J connectivity index is 2.05. The molecule has 1 unspecified atom stereocenters. The van der Waals surface area contributed by atoms with Gasteiger partial charge in [0.15, 0.2) is 0 Å². The molecule has 0 aliphatic carbocycles. The third-order valence-electron chi connectivity index (χ3n) is 3.43.